The Morgan fingerprint density at radius 3 is 2.51 bits per heavy atom. The third kappa shape index (κ3) is 4.12. The van der Waals surface area contributed by atoms with E-state index in [2.05, 4.69) is 20.1 Å². The molecule has 7 nitrogen and oxygen atoms in total. The number of ether oxygens (including phenoxy) is 1. The Morgan fingerprint density at radius 1 is 0.976 bits per heavy atom. The van der Waals surface area contributed by atoms with Crippen LogP contribution >= 0.6 is 0 Å². The van der Waals surface area contributed by atoms with Gasteiger partial charge in [0.05, 0.1) is 11.1 Å². The number of nitrogens with one attached hydrogen (secondary N) is 1. The molecular formula is C32H33F2N5O2. The lowest BCUT2D eigenvalue weighted by atomic mass is 9.95. The van der Waals surface area contributed by atoms with Crippen LogP contribution in [0.1, 0.15) is 38.5 Å². The van der Waals surface area contributed by atoms with E-state index < -0.39 is 11.6 Å². The molecule has 2 atom stereocenters. The van der Waals surface area contributed by atoms with Crippen LogP contribution in [0.25, 0.3) is 32.8 Å². The van der Waals surface area contributed by atoms with Gasteiger partial charge in [-0.05, 0) is 86.1 Å². The topological polar surface area (TPSA) is 73.8 Å². The van der Waals surface area contributed by atoms with Gasteiger partial charge in [-0.15, -0.1) is 0 Å². The van der Waals surface area contributed by atoms with Crippen molar-refractivity contribution < 1.29 is 18.6 Å². The summed E-state index contributed by atoms with van der Waals surface area (Å²) in [7, 11) is 0. The lowest BCUT2D eigenvalue weighted by molar-refractivity contribution is 0.108. The molecule has 0 unspecified atom stereocenters. The summed E-state index contributed by atoms with van der Waals surface area (Å²) in [6.45, 7) is 4.03. The van der Waals surface area contributed by atoms with Gasteiger partial charge in [-0.25, -0.2) is 8.78 Å². The molecule has 4 aliphatic heterocycles. The van der Waals surface area contributed by atoms with Crippen LogP contribution in [0.3, 0.4) is 0 Å². The fourth-order valence-electron chi connectivity index (χ4n) is 7.84. The molecule has 3 aromatic carbocycles. The van der Waals surface area contributed by atoms with Gasteiger partial charge in [-0.3, -0.25) is 4.90 Å². The number of hydrogen-bond acceptors (Lipinski definition) is 7. The first kappa shape index (κ1) is 25.2. The third-order valence-electron chi connectivity index (χ3n) is 9.76. The van der Waals surface area contributed by atoms with Crippen molar-refractivity contribution in [3.8, 4) is 22.9 Å². The van der Waals surface area contributed by atoms with Crippen molar-refractivity contribution in [3.05, 3.63) is 54.1 Å². The number of rotatable bonds is 5. The molecule has 9 heteroatoms. The number of hydrogen-bond donors (Lipinski definition) is 2. The van der Waals surface area contributed by atoms with Crippen molar-refractivity contribution in [2.75, 3.05) is 37.7 Å². The molecule has 212 valence electrons. The normalized spacial score (nSPS) is 23.5. The minimum atomic E-state index is -0.774. The first-order chi connectivity index (χ1) is 20.0. The van der Waals surface area contributed by atoms with E-state index in [1.54, 1.807) is 12.1 Å². The van der Waals surface area contributed by atoms with E-state index >= 15 is 8.78 Å². The second-order valence-electron chi connectivity index (χ2n) is 12.2. The number of piperazine rings is 1. The zero-order chi connectivity index (χ0) is 27.7. The molecule has 41 heavy (non-hydrogen) atoms. The average Bonchev–Trinajstić information content (AvgIpc) is 3.65. The monoisotopic (exact) mass is 557 g/mol. The molecule has 4 fully saturated rings. The zero-order valence-corrected chi connectivity index (χ0v) is 22.9. The fraction of sp³-hybridized carbons (Fsp3) is 0.438. The van der Waals surface area contributed by atoms with Crippen molar-refractivity contribution in [2.45, 2.75) is 56.1 Å². The molecule has 5 heterocycles. The smallest absolute Gasteiger partial charge is 0.319 e. The molecule has 4 saturated heterocycles. The van der Waals surface area contributed by atoms with E-state index in [9.17, 15) is 5.11 Å². The molecule has 1 aromatic heterocycles. The summed E-state index contributed by atoms with van der Waals surface area (Å²) in [5, 5.41) is 15.7. The molecule has 0 amide bonds. The van der Waals surface area contributed by atoms with Crippen molar-refractivity contribution >= 4 is 27.5 Å². The van der Waals surface area contributed by atoms with Crippen LogP contribution in [-0.2, 0) is 0 Å². The van der Waals surface area contributed by atoms with E-state index in [0.717, 1.165) is 51.6 Å². The molecule has 8 rings (SSSR count). The number of phenols is 1. The Balaban J connectivity index is 1.28. The first-order valence-corrected chi connectivity index (χ1v) is 14.8. The standard InChI is InChI=1S/C32H33F2N5O2/c33-26-15-25-29(28(34)27(26)24-14-22(40)13-19-5-1-2-6-23(19)24)36-31(41-18-32-9-3-11-39(32)12-4-10-32)37-30(25)38-16-20-7-8-21(17-38)35-20/h1-2,5-6,13-15,20-21,35,40H,3-4,7-12,16-18H2/t20-,21+. The summed E-state index contributed by atoms with van der Waals surface area (Å²) in [6.07, 6.45) is 6.58. The highest BCUT2D eigenvalue weighted by molar-refractivity contribution is 6.01. The number of benzene rings is 3. The van der Waals surface area contributed by atoms with E-state index in [4.69, 9.17) is 9.72 Å². The quantitative estimate of drug-likeness (QED) is 0.341. The van der Waals surface area contributed by atoms with Gasteiger partial charge < -0.3 is 20.1 Å². The van der Waals surface area contributed by atoms with Gasteiger partial charge in [0.1, 0.15) is 29.5 Å². The number of aromatic nitrogens is 2. The van der Waals surface area contributed by atoms with Gasteiger partial charge in [-0.1, -0.05) is 24.3 Å². The Bertz CT molecular complexity index is 1660. The molecule has 2 bridgehead atoms. The number of aromatic hydroxyl groups is 1. The summed E-state index contributed by atoms with van der Waals surface area (Å²) < 4.78 is 38.9. The van der Waals surface area contributed by atoms with Crippen molar-refractivity contribution in [1.82, 2.24) is 20.2 Å². The maximum absolute atomic E-state index is 16.6. The van der Waals surface area contributed by atoms with Gasteiger partial charge in [0, 0.05) is 30.6 Å². The van der Waals surface area contributed by atoms with Crippen molar-refractivity contribution in [1.29, 1.82) is 0 Å². The number of halogens is 2. The number of anilines is 1. The summed E-state index contributed by atoms with van der Waals surface area (Å²) in [4.78, 5) is 14.0. The first-order valence-electron chi connectivity index (χ1n) is 14.8. The SMILES string of the molecule is Oc1cc(-c2c(F)cc3c(N4C[C@H]5CC[C@@H](C4)N5)nc(OCC45CCCN4CCC5)nc3c2F)c2ccccc2c1. The largest absolute Gasteiger partial charge is 0.508 e. The maximum atomic E-state index is 16.6. The molecule has 0 radical (unpaired) electrons. The number of fused-ring (bicyclic) bond motifs is 5. The third-order valence-corrected chi connectivity index (χ3v) is 9.76. The van der Waals surface area contributed by atoms with Gasteiger partial charge >= 0.3 is 6.01 Å². The van der Waals surface area contributed by atoms with Gasteiger partial charge in [0.25, 0.3) is 0 Å². The molecule has 0 saturated carbocycles. The highest BCUT2D eigenvalue weighted by Crippen LogP contribution is 2.42. The van der Waals surface area contributed by atoms with Gasteiger partial charge in [-0.2, -0.15) is 9.97 Å². The molecule has 4 aliphatic rings. The van der Waals surface area contributed by atoms with Crippen LogP contribution in [0.5, 0.6) is 11.8 Å². The Morgan fingerprint density at radius 2 is 1.73 bits per heavy atom. The second-order valence-corrected chi connectivity index (χ2v) is 12.2. The lowest BCUT2D eigenvalue weighted by Crippen LogP contribution is -2.51. The van der Waals surface area contributed by atoms with Crippen LogP contribution in [0, 0.1) is 11.6 Å². The fourth-order valence-corrected chi connectivity index (χ4v) is 7.84. The van der Waals surface area contributed by atoms with Gasteiger partial charge in [0.2, 0.25) is 0 Å². The number of nitrogens with zero attached hydrogens (tertiary/aromatic N) is 4. The maximum Gasteiger partial charge on any atom is 0.319 e. The number of phenolic OH excluding ortho intramolecular Hbond substituents is 1. The zero-order valence-electron chi connectivity index (χ0n) is 22.9. The highest BCUT2D eigenvalue weighted by Gasteiger charge is 2.45. The summed E-state index contributed by atoms with van der Waals surface area (Å²) >= 11 is 0. The summed E-state index contributed by atoms with van der Waals surface area (Å²) in [5.74, 6) is -1.03. The summed E-state index contributed by atoms with van der Waals surface area (Å²) in [6, 6.07) is 12.4. The molecular weight excluding hydrogens is 524 g/mol. The van der Waals surface area contributed by atoms with Crippen molar-refractivity contribution in [3.63, 3.8) is 0 Å². The lowest BCUT2D eigenvalue weighted by Gasteiger charge is -2.34. The Hall–Kier alpha value is -3.56. The van der Waals surface area contributed by atoms with Crippen LogP contribution in [0.4, 0.5) is 14.6 Å². The predicted molar refractivity (Wildman–Crippen MR) is 154 cm³/mol. The molecule has 0 spiro atoms. The summed E-state index contributed by atoms with van der Waals surface area (Å²) in [5.41, 5.74) is 0.0928. The van der Waals surface area contributed by atoms with E-state index in [1.807, 2.05) is 18.2 Å². The minimum Gasteiger partial charge on any atom is -0.508 e. The van der Waals surface area contributed by atoms with Crippen molar-refractivity contribution in [2.24, 2.45) is 0 Å². The minimum absolute atomic E-state index is 0.0143. The Kier molecular flexibility index (Phi) is 5.83. The molecule has 0 aliphatic carbocycles. The van der Waals surface area contributed by atoms with E-state index in [-0.39, 0.29) is 33.9 Å². The van der Waals surface area contributed by atoms with Crippen LogP contribution in [0.2, 0.25) is 0 Å². The van der Waals surface area contributed by atoms with E-state index in [0.29, 0.717) is 53.8 Å². The van der Waals surface area contributed by atoms with Gasteiger partial charge in [0.15, 0.2) is 5.82 Å². The average molecular weight is 558 g/mol. The van der Waals surface area contributed by atoms with Crippen LogP contribution in [0.15, 0.2) is 42.5 Å². The molecule has 2 N–H and O–H groups in total. The molecule has 4 aromatic rings. The van der Waals surface area contributed by atoms with E-state index in [1.165, 1.54) is 12.1 Å². The van der Waals surface area contributed by atoms with Crippen LogP contribution < -0.4 is 15.0 Å². The highest BCUT2D eigenvalue weighted by atomic mass is 19.1. The Labute approximate surface area is 237 Å². The predicted octanol–water partition coefficient (Wildman–Crippen LogP) is 5.38. The van der Waals surface area contributed by atoms with Crippen LogP contribution in [-0.4, -0.2) is 70.4 Å². The second kappa shape index (κ2) is 9.49.